The third-order valence-electron chi connectivity index (χ3n) is 3.79. The number of rotatable bonds is 5. The molecule has 0 spiro atoms. The first-order chi connectivity index (χ1) is 8.40. The molecule has 5 heteroatoms. The molecule has 0 bridgehead atoms. The van der Waals surface area contributed by atoms with Crippen molar-refractivity contribution < 1.29 is 4.79 Å². The van der Waals surface area contributed by atoms with Crippen molar-refractivity contribution in [1.82, 2.24) is 15.1 Å². The summed E-state index contributed by atoms with van der Waals surface area (Å²) in [6.07, 6.45) is 0.421. The lowest BCUT2D eigenvalue weighted by Gasteiger charge is -2.37. The molecule has 0 aromatic rings. The van der Waals surface area contributed by atoms with Gasteiger partial charge in [0.1, 0.15) is 0 Å². The Hall–Kier alpha value is -0.650. The number of hydrogen-bond donors (Lipinski definition) is 2. The number of carbonyl (C=O) groups excluding carboxylic acids is 1. The van der Waals surface area contributed by atoms with Gasteiger partial charge in [0.2, 0.25) is 5.91 Å². The second-order valence-corrected chi connectivity index (χ2v) is 5.81. The van der Waals surface area contributed by atoms with Crippen LogP contribution in [0, 0.1) is 5.92 Å². The summed E-state index contributed by atoms with van der Waals surface area (Å²) in [6.45, 7) is 7.96. The van der Waals surface area contributed by atoms with Crippen LogP contribution in [-0.4, -0.2) is 68.1 Å². The summed E-state index contributed by atoms with van der Waals surface area (Å²) < 4.78 is 0. The Balaban J connectivity index is 2.29. The average molecular weight is 256 g/mol. The Labute approximate surface area is 111 Å². The van der Waals surface area contributed by atoms with Gasteiger partial charge < -0.3 is 16.0 Å². The highest BCUT2D eigenvalue weighted by atomic mass is 16.1. The minimum atomic E-state index is -0.0447. The third-order valence-corrected chi connectivity index (χ3v) is 3.79. The van der Waals surface area contributed by atoms with Gasteiger partial charge in [-0.05, 0) is 20.0 Å². The number of nitrogens with two attached hydrogens (primary N) is 1. The zero-order chi connectivity index (χ0) is 13.7. The predicted octanol–water partition coefficient (Wildman–Crippen LogP) is -0.278. The van der Waals surface area contributed by atoms with Crippen molar-refractivity contribution in [2.45, 2.75) is 32.4 Å². The van der Waals surface area contributed by atoms with Crippen molar-refractivity contribution in [2.75, 3.05) is 40.3 Å². The summed E-state index contributed by atoms with van der Waals surface area (Å²) in [5.41, 5.74) is 5.90. The number of amides is 1. The first-order valence-electron chi connectivity index (χ1n) is 6.81. The zero-order valence-corrected chi connectivity index (χ0v) is 12.1. The van der Waals surface area contributed by atoms with Crippen LogP contribution in [0.1, 0.15) is 20.3 Å². The number of hydrogen-bond acceptors (Lipinski definition) is 4. The molecule has 0 aliphatic carbocycles. The van der Waals surface area contributed by atoms with Crippen molar-refractivity contribution in [3.05, 3.63) is 0 Å². The van der Waals surface area contributed by atoms with Gasteiger partial charge in [-0.3, -0.25) is 9.69 Å². The molecule has 0 aromatic carbocycles. The van der Waals surface area contributed by atoms with E-state index in [4.69, 9.17) is 5.73 Å². The van der Waals surface area contributed by atoms with Crippen LogP contribution >= 0.6 is 0 Å². The van der Waals surface area contributed by atoms with Gasteiger partial charge in [0, 0.05) is 44.7 Å². The molecule has 0 saturated carbocycles. The summed E-state index contributed by atoms with van der Waals surface area (Å²) in [5, 5.41) is 3.00. The maximum Gasteiger partial charge on any atom is 0.221 e. The van der Waals surface area contributed by atoms with Crippen LogP contribution in [0.2, 0.25) is 0 Å². The maximum absolute atomic E-state index is 11.8. The standard InChI is InChI=1S/C13H28N4O/c1-10(2)12(14)7-13(18)15-8-11-9-16(3)5-6-17(11)4/h10-12H,5-9,14H2,1-4H3,(H,15,18). The lowest BCUT2D eigenvalue weighted by atomic mass is 10.0. The van der Waals surface area contributed by atoms with Crippen molar-refractivity contribution in [1.29, 1.82) is 0 Å². The Morgan fingerprint density at radius 1 is 1.39 bits per heavy atom. The number of nitrogens with zero attached hydrogens (tertiary/aromatic N) is 2. The minimum absolute atomic E-state index is 0.0447. The summed E-state index contributed by atoms with van der Waals surface area (Å²) in [5.74, 6) is 0.414. The Morgan fingerprint density at radius 3 is 2.67 bits per heavy atom. The second-order valence-electron chi connectivity index (χ2n) is 5.81. The molecule has 0 aromatic heterocycles. The highest BCUT2D eigenvalue weighted by molar-refractivity contribution is 5.76. The quantitative estimate of drug-likeness (QED) is 0.710. The molecule has 106 valence electrons. The maximum atomic E-state index is 11.8. The Kier molecular flexibility index (Phi) is 6.05. The van der Waals surface area contributed by atoms with Crippen LogP contribution < -0.4 is 11.1 Å². The molecule has 18 heavy (non-hydrogen) atoms. The van der Waals surface area contributed by atoms with Crippen molar-refractivity contribution in [3.8, 4) is 0 Å². The zero-order valence-electron chi connectivity index (χ0n) is 12.1. The molecule has 3 N–H and O–H groups in total. The molecule has 1 amide bonds. The number of likely N-dealkylation sites (N-methyl/N-ethyl adjacent to an activating group) is 2. The van der Waals surface area contributed by atoms with Crippen LogP contribution in [0.3, 0.4) is 0 Å². The largest absolute Gasteiger partial charge is 0.354 e. The fourth-order valence-electron chi connectivity index (χ4n) is 2.08. The van der Waals surface area contributed by atoms with Gasteiger partial charge in [0.15, 0.2) is 0 Å². The minimum Gasteiger partial charge on any atom is -0.354 e. The Bertz CT molecular complexity index is 270. The monoisotopic (exact) mass is 256 g/mol. The number of piperazine rings is 1. The molecule has 1 fully saturated rings. The molecule has 0 radical (unpaired) electrons. The van der Waals surface area contributed by atoms with Crippen LogP contribution in [0.15, 0.2) is 0 Å². The molecule has 1 aliphatic heterocycles. The number of nitrogens with one attached hydrogen (secondary N) is 1. The van der Waals surface area contributed by atoms with Gasteiger partial charge in [-0.1, -0.05) is 13.8 Å². The lowest BCUT2D eigenvalue weighted by molar-refractivity contribution is -0.122. The molecule has 2 atom stereocenters. The fourth-order valence-corrected chi connectivity index (χ4v) is 2.08. The van der Waals surface area contributed by atoms with E-state index in [-0.39, 0.29) is 11.9 Å². The smallest absolute Gasteiger partial charge is 0.221 e. The topological polar surface area (TPSA) is 61.6 Å². The summed E-state index contributed by atoms with van der Waals surface area (Å²) >= 11 is 0. The van der Waals surface area contributed by atoms with E-state index in [9.17, 15) is 4.79 Å². The van der Waals surface area contributed by atoms with Gasteiger partial charge in [-0.15, -0.1) is 0 Å². The van der Waals surface area contributed by atoms with E-state index in [0.29, 0.717) is 24.9 Å². The van der Waals surface area contributed by atoms with Crippen molar-refractivity contribution >= 4 is 5.91 Å². The molecule has 1 saturated heterocycles. The van der Waals surface area contributed by atoms with Gasteiger partial charge in [0.05, 0.1) is 0 Å². The second kappa shape index (κ2) is 7.07. The molecule has 1 rings (SSSR count). The molecule has 1 heterocycles. The third kappa shape index (κ3) is 4.92. The summed E-state index contributed by atoms with van der Waals surface area (Å²) in [6, 6.07) is 0.361. The van der Waals surface area contributed by atoms with E-state index in [2.05, 4.69) is 29.2 Å². The number of carbonyl (C=O) groups is 1. The van der Waals surface area contributed by atoms with Crippen LogP contribution in [0.4, 0.5) is 0 Å². The average Bonchev–Trinajstić information content (AvgIpc) is 2.30. The molecular weight excluding hydrogens is 228 g/mol. The summed E-state index contributed by atoms with van der Waals surface area (Å²) in [4.78, 5) is 16.4. The lowest BCUT2D eigenvalue weighted by Crippen LogP contribution is -2.54. The Morgan fingerprint density at radius 2 is 2.06 bits per heavy atom. The molecular formula is C13H28N4O. The predicted molar refractivity (Wildman–Crippen MR) is 74.4 cm³/mol. The molecule has 1 aliphatic rings. The van der Waals surface area contributed by atoms with E-state index in [1.807, 2.05) is 13.8 Å². The highest BCUT2D eigenvalue weighted by Crippen LogP contribution is 2.06. The van der Waals surface area contributed by atoms with E-state index in [1.165, 1.54) is 0 Å². The van der Waals surface area contributed by atoms with Crippen molar-refractivity contribution in [2.24, 2.45) is 11.7 Å². The van der Waals surface area contributed by atoms with Gasteiger partial charge in [-0.25, -0.2) is 0 Å². The highest BCUT2D eigenvalue weighted by Gasteiger charge is 2.22. The summed E-state index contributed by atoms with van der Waals surface area (Å²) in [7, 11) is 4.24. The fraction of sp³-hybridized carbons (Fsp3) is 0.923. The molecule has 5 nitrogen and oxygen atoms in total. The van der Waals surface area contributed by atoms with Crippen LogP contribution in [0.5, 0.6) is 0 Å². The van der Waals surface area contributed by atoms with E-state index in [0.717, 1.165) is 19.6 Å². The van der Waals surface area contributed by atoms with Gasteiger partial charge in [-0.2, -0.15) is 0 Å². The van der Waals surface area contributed by atoms with E-state index < -0.39 is 0 Å². The first-order valence-corrected chi connectivity index (χ1v) is 6.81. The van der Waals surface area contributed by atoms with Crippen LogP contribution in [-0.2, 0) is 4.79 Å². The van der Waals surface area contributed by atoms with Crippen LogP contribution in [0.25, 0.3) is 0 Å². The van der Waals surface area contributed by atoms with Gasteiger partial charge >= 0.3 is 0 Å². The van der Waals surface area contributed by atoms with E-state index >= 15 is 0 Å². The SMILES string of the molecule is CC(C)C(N)CC(=O)NCC1CN(C)CCN1C. The van der Waals surface area contributed by atoms with Crippen molar-refractivity contribution in [3.63, 3.8) is 0 Å². The first kappa shape index (κ1) is 15.4. The van der Waals surface area contributed by atoms with Gasteiger partial charge in [0.25, 0.3) is 0 Å². The van der Waals surface area contributed by atoms with E-state index in [1.54, 1.807) is 0 Å². The molecule has 2 unspecified atom stereocenters. The normalized spacial score (nSPS) is 24.2.